The third-order valence-electron chi connectivity index (χ3n) is 9.36. The van der Waals surface area contributed by atoms with Gasteiger partial charge in [0, 0.05) is 33.8 Å². The van der Waals surface area contributed by atoms with E-state index in [1.54, 1.807) is 0 Å². The Hall–Kier alpha value is -5.34. The average molecular weight is 581 g/mol. The number of hydrogen-bond donors (Lipinski definition) is 0. The van der Waals surface area contributed by atoms with Gasteiger partial charge in [-0.2, -0.15) is 0 Å². The van der Waals surface area contributed by atoms with Crippen LogP contribution >= 0.6 is 0 Å². The smallest absolute Gasteiger partial charge is 0.0560 e. The summed E-state index contributed by atoms with van der Waals surface area (Å²) in [7, 11) is 0. The van der Waals surface area contributed by atoms with Gasteiger partial charge in [0.1, 0.15) is 0 Å². The maximum atomic E-state index is 2.48. The Kier molecular flexibility index (Phi) is 7.04. The van der Waals surface area contributed by atoms with Gasteiger partial charge in [-0.1, -0.05) is 127 Å². The second-order valence-corrected chi connectivity index (χ2v) is 12.2. The molecule has 0 fully saturated rings. The average Bonchev–Trinajstić information content (AvgIpc) is 3.45. The minimum absolute atomic E-state index is 0.272. The van der Waals surface area contributed by atoms with Crippen LogP contribution in [0.2, 0.25) is 0 Å². The van der Waals surface area contributed by atoms with Crippen molar-refractivity contribution >= 4 is 38.9 Å². The molecule has 218 valence electrons. The highest BCUT2D eigenvalue weighted by atomic mass is 15.2. The zero-order chi connectivity index (χ0) is 30.2. The summed E-state index contributed by atoms with van der Waals surface area (Å²) in [5, 5.41) is 2.61. The number of anilines is 2. The number of hydrogen-bond acceptors (Lipinski definition) is 1. The van der Waals surface area contributed by atoms with E-state index in [9.17, 15) is 0 Å². The lowest BCUT2D eigenvalue weighted by atomic mass is 9.91. The quantitative estimate of drug-likeness (QED) is 0.190. The van der Waals surface area contributed by atoms with Crippen molar-refractivity contribution in [2.75, 3.05) is 4.90 Å². The maximum Gasteiger partial charge on any atom is 0.0560 e. The van der Waals surface area contributed by atoms with E-state index >= 15 is 0 Å². The van der Waals surface area contributed by atoms with Crippen LogP contribution in [0.25, 0.3) is 38.6 Å². The molecule has 0 spiro atoms. The normalized spacial score (nSPS) is 17.8. The SMILES string of the molecule is CC1=CCC(N(c2ccc(-c3ccccc3)cc2)c2ccc(C3C=CC(n4c5ccccc5c5ccccc54)=CC3)cc2)C=C1. The summed E-state index contributed by atoms with van der Waals surface area (Å²) in [4.78, 5) is 2.48. The lowest BCUT2D eigenvalue weighted by Crippen LogP contribution is -2.30. The molecule has 2 aliphatic carbocycles. The molecule has 0 amide bonds. The zero-order valence-electron chi connectivity index (χ0n) is 25.6. The van der Waals surface area contributed by atoms with Gasteiger partial charge in [0.2, 0.25) is 0 Å². The fourth-order valence-corrected chi connectivity index (χ4v) is 6.99. The summed E-state index contributed by atoms with van der Waals surface area (Å²) in [5.41, 5.74) is 11.4. The lowest BCUT2D eigenvalue weighted by molar-refractivity contribution is 0.778. The van der Waals surface area contributed by atoms with Crippen molar-refractivity contribution < 1.29 is 0 Å². The summed E-state index contributed by atoms with van der Waals surface area (Å²) in [5.74, 6) is 0.356. The van der Waals surface area contributed by atoms with Gasteiger partial charge >= 0.3 is 0 Å². The van der Waals surface area contributed by atoms with Gasteiger partial charge in [0.15, 0.2) is 0 Å². The number of aromatic nitrogens is 1. The van der Waals surface area contributed by atoms with Crippen molar-refractivity contribution in [2.24, 2.45) is 0 Å². The lowest BCUT2D eigenvalue weighted by Gasteiger charge is -2.33. The first kappa shape index (κ1) is 27.2. The topological polar surface area (TPSA) is 8.17 Å². The monoisotopic (exact) mass is 580 g/mol. The largest absolute Gasteiger partial charge is 0.334 e. The third-order valence-corrected chi connectivity index (χ3v) is 9.36. The molecular formula is C43H36N2. The van der Waals surface area contributed by atoms with Crippen molar-refractivity contribution in [3.05, 3.63) is 175 Å². The number of para-hydroxylation sites is 2. The number of fused-ring (bicyclic) bond motifs is 3. The van der Waals surface area contributed by atoms with Crippen LogP contribution in [0.5, 0.6) is 0 Å². The van der Waals surface area contributed by atoms with E-state index in [0.29, 0.717) is 5.92 Å². The molecule has 2 atom stereocenters. The molecule has 5 aromatic carbocycles. The van der Waals surface area contributed by atoms with Gasteiger partial charge in [-0.05, 0) is 78.9 Å². The van der Waals surface area contributed by atoms with E-state index in [2.05, 4.69) is 180 Å². The highest BCUT2D eigenvalue weighted by molar-refractivity contribution is 6.10. The first-order chi connectivity index (χ1) is 22.2. The molecular weight excluding hydrogens is 544 g/mol. The Bertz CT molecular complexity index is 2050. The molecule has 2 aliphatic rings. The van der Waals surface area contributed by atoms with Crippen LogP contribution in [0.15, 0.2) is 169 Å². The zero-order valence-corrected chi connectivity index (χ0v) is 25.6. The van der Waals surface area contributed by atoms with E-state index in [1.165, 1.54) is 61.1 Å². The third kappa shape index (κ3) is 5.13. The number of allylic oxidation sites excluding steroid dienone is 6. The molecule has 2 heteroatoms. The first-order valence-corrected chi connectivity index (χ1v) is 16.0. The molecule has 0 N–H and O–H groups in total. The minimum atomic E-state index is 0.272. The number of nitrogens with zero attached hydrogens (tertiary/aromatic N) is 2. The van der Waals surface area contributed by atoms with Gasteiger partial charge in [-0.15, -0.1) is 0 Å². The molecule has 2 unspecified atom stereocenters. The standard InChI is InChI=1S/C43H36N2/c1-31-15-23-36(24-16-31)44(37-25-17-33(18-26-37)32-9-3-2-4-10-32)38-27-19-34(20-28-38)35-21-29-39(30-22-35)45-42-13-7-5-11-40(42)41-12-6-8-14-43(41)45/h2-21,23,25-30,35-36H,22,24H2,1H3. The van der Waals surface area contributed by atoms with Crippen LogP contribution in [-0.4, -0.2) is 10.6 Å². The van der Waals surface area contributed by atoms with Crippen LogP contribution in [-0.2, 0) is 0 Å². The molecule has 0 saturated carbocycles. The van der Waals surface area contributed by atoms with E-state index in [1.807, 2.05) is 0 Å². The van der Waals surface area contributed by atoms with E-state index in [0.717, 1.165) is 12.8 Å². The van der Waals surface area contributed by atoms with Crippen molar-refractivity contribution in [3.63, 3.8) is 0 Å². The summed E-state index contributed by atoms with van der Waals surface area (Å²) in [6, 6.07) is 46.6. The van der Waals surface area contributed by atoms with E-state index in [-0.39, 0.29) is 6.04 Å². The molecule has 0 bridgehead atoms. The van der Waals surface area contributed by atoms with Gasteiger partial charge in [-0.25, -0.2) is 0 Å². The maximum absolute atomic E-state index is 2.48. The highest BCUT2D eigenvalue weighted by Crippen LogP contribution is 2.37. The summed E-state index contributed by atoms with van der Waals surface area (Å²) in [6.07, 6.45) is 16.0. The van der Waals surface area contributed by atoms with Crippen molar-refractivity contribution in [1.82, 2.24) is 4.57 Å². The fourth-order valence-electron chi connectivity index (χ4n) is 6.99. The van der Waals surface area contributed by atoms with Gasteiger partial charge in [-0.3, -0.25) is 0 Å². The Morgan fingerprint density at radius 2 is 1.16 bits per heavy atom. The molecule has 8 rings (SSSR count). The van der Waals surface area contributed by atoms with Crippen molar-refractivity contribution in [1.29, 1.82) is 0 Å². The number of rotatable bonds is 6. The second-order valence-electron chi connectivity index (χ2n) is 12.2. The molecule has 2 nitrogen and oxygen atoms in total. The first-order valence-electron chi connectivity index (χ1n) is 16.0. The predicted octanol–water partition coefficient (Wildman–Crippen LogP) is 11.5. The summed E-state index contributed by atoms with van der Waals surface area (Å²) >= 11 is 0. The Balaban J connectivity index is 1.07. The van der Waals surface area contributed by atoms with Crippen LogP contribution in [0.3, 0.4) is 0 Å². The van der Waals surface area contributed by atoms with Crippen LogP contribution in [0, 0.1) is 0 Å². The van der Waals surface area contributed by atoms with Crippen LogP contribution < -0.4 is 4.90 Å². The van der Waals surface area contributed by atoms with Crippen LogP contribution in [0.4, 0.5) is 11.4 Å². The van der Waals surface area contributed by atoms with Crippen molar-refractivity contribution in [3.8, 4) is 11.1 Å². The fraction of sp³-hybridized carbons (Fsp3) is 0.116. The molecule has 0 aliphatic heterocycles. The number of benzene rings is 5. The van der Waals surface area contributed by atoms with Gasteiger partial charge in [0.05, 0.1) is 17.1 Å². The molecule has 0 radical (unpaired) electrons. The molecule has 0 saturated heterocycles. The molecule has 1 heterocycles. The molecule has 45 heavy (non-hydrogen) atoms. The van der Waals surface area contributed by atoms with Crippen molar-refractivity contribution in [2.45, 2.75) is 31.7 Å². The molecule has 1 aromatic heterocycles. The van der Waals surface area contributed by atoms with Gasteiger partial charge in [0.25, 0.3) is 0 Å². The Labute approximate surface area is 265 Å². The minimum Gasteiger partial charge on any atom is -0.334 e. The Morgan fingerprint density at radius 3 is 1.76 bits per heavy atom. The Morgan fingerprint density at radius 1 is 0.556 bits per heavy atom. The highest BCUT2D eigenvalue weighted by Gasteiger charge is 2.21. The van der Waals surface area contributed by atoms with Crippen LogP contribution in [0.1, 0.15) is 31.2 Å². The summed E-state index contributed by atoms with van der Waals surface area (Å²) < 4.78 is 2.41. The second kappa shape index (κ2) is 11.6. The predicted molar refractivity (Wildman–Crippen MR) is 192 cm³/mol. The molecule has 6 aromatic rings. The van der Waals surface area contributed by atoms with E-state index < -0.39 is 0 Å². The van der Waals surface area contributed by atoms with Gasteiger partial charge < -0.3 is 9.47 Å². The van der Waals surface area contributed by atoms with E-state index in [4.69, 9.17) is 0 Å². The summed E-state index contributed by atoms with van der Waals surface area (Å²) in [6.45, 7) is 2.18.